The van der Waals surface area contributed by atoms with E-state index < -0.39 is 30.0 Å². The van der Waals surface area contributed by atoms with Crippen LogP contribution in [0, 0.1) is 0 Å². The third-order valence-corrected chi connectivity index (χ3v) is 4.85. The third-order valence-electron chi connectivity index (χ3n) is 0.713. The van der Waals surface area contributed by atoms with E-state index in [2.05, 4.69) is 4.43 Å². The molecule has 0 N–H and O–H groups in total. The van der Waals surface area contributed by atoms with Gasteiger partial charge in [-0.25, -0.2) is 0 Å². The van der Waals surface area contributed by atoms with E-state index in [-0.39, 0.29) is 5.97 Å². The standard InChI is InChI=1S/C2H12O5Si4/c1-2(3)4-9-6-11-7-10-5-8/h9-11H2,1,8H3. The molecule has 0 heterocycles. The van der Waals surface area contributed by atoms with Crippen molar-refractivity contribution in [3.8, 4) is 0 Å². The molecule has 0 radical (unpaired) electrons. The SMILES string of the molecule is CC(=O)O[SiH2]O[SiH2]O[SiH2]O[SiH3]. The second-order valence-electron chi connectivity index (χ2n) is 1.69. The van der Waals surface area contributed by atoms with E-state index in [1.54, 1.807) is 0 Å². The topological polar surface area (TPSA) is 54.0 Å². The molecule has 0 spiro atoms. The van der Waals surface area contributed by atoms with Crippen LogP contribution in [0.15, 0.2) is 0 Å². The molecule has 0 amide bonds. The van der Waals surface area contributed by atoms with Crippen molar-refractivity contribution in [2.24, 2.45) is 0 Å². The Kier molecular flexibility index (Phi) is 8.48. The summed E-state index contributed by atoms with van der Waals surface area (Å²) in [6.45, 7) is 1.37. The van der Waals surface area contributed by atoms with Gasteiger partial charge in [0.05, 0.1) is 0 Å². The summed E-state index contributed by atoms with van der Waals surface area (Å²) >= 11 is 0. The molecule has 0 bridgehead atoms. The van der Waals surface area contributed by atoms with Crippen LogP contribution in [-0.4, -0.2) is 46.5 Å². The predicted molar refractivity (Wildman–Crippen MR) is 50.6 cm³/mol. The van der Waals surface area contributed by atoms with Gasteiger partial charge >= 0.3 is 10.0 Å². The van der Waals surface area contributed by atoms with Crippen molar-refractivity contribution in [1.29, 1.82) is 0 Å². The minimum absolute atomic E-state index is 0.276. The van der Waals surface area contributed by atoms with E-state index in [0.717, 1.165) is 10.5 Å². The number of rotatable bonds is 6. The van der Waals surface area contributed by atoms with Gasteiger partial charge in [0.15, 0.2) is 0 Å². The van der Waals surface area contributed by atoms with Gasteiger partial charge in [-0.05, 0) is 0 Å². The summed E-state index contributed by atoms with van der Waals surface area (Å²) in [5.41, 5.74) is 0. The molecule has 0 aromatic heterocycles. The molecule has 0 aliphatic carbocycles. The highest BCUT2D eigenvalue weighted by molar-refractivity contribution is 6.43. The smallest absolute Gasteiger partial charge is 0.360 e. The van der Waals surface area contributed by atoms with E-state index >= 15 is 0 Å². The molecular weight excluding hydrogens is 216 g/mol. The molecule has 0 saturated heterocycles. The van der Waals surface area contributed by atoms with Crippen molar-refractivity contribution in [3.05, 3.63) is 0 Å². The van der Waals surface area contributed by atoms with Crippen LogP contribution in [0.3, 0.4) is 0 Å². The molecule has 5 nitrogen and oxygen atoms in total. The molecule has 0 fully saturated rings. The first-order chi connectivity index (χ1) is 5.27. The maximum absolute atomic E-state index is 10.2. The van der Waals surface area contributed by atoms with Gasteiger partial charge in [0.25, 0.3) is 26.0 Å². The number of hydrogen-bond acceptors (Lipinski definition) is 5. The van der Waals surface area contributed by atoms with E-state index in [0.29, 0.717) is 0 Å². The molecule has 0 aromatic carbocycles. The summed E-state index contributed by atoms with van der Waals surface area (Å²) in [6.07, 6.45) is 0. The van der Waals surface area contributed by atoms with Crippen molar-refractivity contribution in [1.82, 2.24) is 0 Å². The molecule has 0 rings (SSSR count). The van der Waals surface area contributed by atoms with Gasteiger partial charge in [0, 0.05) is 6.92 Å². The Morgan fingerprint density at radius 1 is 1.27 bits per heavy atom. The average Bonchev–Trinajstić information content (AvgIpc) is 1.96. The van der Waals surface area contributed by atoms with Crippen molar-refractivity contribution >= 4 is 46.5 Å². The number of carbonyl (C=O) groups is 1. The van der Waals surface area contributed by atoms with Crippen LogP contribution in [0.5, 0.6) is 0 Å². The molecule has 0 unspecified atom stereocenters. The van der Waals surface area contributed by atoms with Gasteiger partial charge < -0.3 is 16.8 Å². The lowest BCUT2D eigenvalue weighted by Crippen LogP contribution is -2.16. The summed E-state index contributed by atoms with van der Waals surface area (Å²) in [4.78, 5) is 10.2. The molecule has 66 valence electrons. The molecule has 9 heteroatoms. The fourth-order valence-electron chi connectivity index (χ4n) is 0.335. The Hall–Kier alpha value is 0.218. The van der Waals surface area contributed by atoms with Gasteiger partial charge in [-0.15, -0.1) is 0 Å². The molecular formula is C2H12O5Si4. The van der Waals surface area contributed by atoms with Crippen molar-refractivity contribution in [3.63, 3.8) is 0 Å². The molecule has 0 aromatic rings. The number of carbonyl (C=O) groups excluding carboxylic acids is 1. The molecule has 0 aliphatic heterocycles. The zero-order valence-corrected chi connectivity index (χ0v) is 12.9. The van der Waals surface area contributed by atoms with E-state index in [4.69, 9.17) is 12.3 Å². The largest absolute Gasteiger partial charge is 0.500 e. The predicted octanol–water partition coefficient (Wildman–Crippen LogP) is -4.12. The van der Waals surface area contributed by atoms with Crippen LogP contribution in [0.1, 0.15) is 6.92 Å². The van der Waals surface area contributed by atoms with E-state index in [1.807, 2.05) is 0 Å². The minimum Gasteiger partial charge on any atom is -0.500 e. The van der Waals surface area contributed by atoms with Crippen molar-refractivity contribution < 1.29 is 21.6 Å². The molecule has 0 saturated carbocycles. The summed E-state index contributed by atoms with van der Waals surface area (Å²) in [6, 6.07) is 0. The quantitative estimate of drug-likeness (QED) is 0.341. The fraction of sp³-hybridized carbons (Fsp3) is 0.500. The van der Waals surface area contributed by atoms with Crippen molar-refractivity contribution in [2.45, 2.75) is 6.92 Å². The first-order valence-electron chi connectivity index (χ1n) is 3.05. The maximum atomic E-state index is 10.2. The van der Waals surface area contributed by atoms with Crippen LogP contribution in [0.4, 0.5) is 0 Å². The first-order valence-corrected chi connectivity index (χ1v) is 7.33. The molecule has 0 aliphatic rings. The summed E-state index contributed by atoms with van der Waals surface area (Å²) in [5.74, 6) is -0.276. The van der Waals surface area contributed by atoms with Crippen LogP contribution in [-0.2, 0) is 21.6 Å². The Morgan fingerprint density at radius 2 is 1.91 bits per heavy atom. The zero-order chi connectivity index (χ0) is 8.53. The summed E-state index contributed by atoms with van der Waals surface area (Å²) in [7, 11) is -2.01. The lowest BCUT2D eigenvalue weighted by Gasteiger charge is -2.03. The van der Waals surface area contributed by atoms with Crippen LogP contribution >= 0.6 is 0 Å². The van der Waals surface area contributed by atoms with Gasteiger partial charge in [0.2, 0.25) is 0 Å². The van der Waals surface area contributed by atoms with E-state index in [1.165, 1.54) is 6.92 Å². The fourth-order valence-corrected chi connectivity index (χ4v) is 5.08. The van der Waals surface area contributed by atoms with E-state index in [9.17, 15) is 4.79 Å². The average molecular weight is 228 g/mol. The van der Waals surface area contributed by atoms with Crippen LogP contribution in [0.25, 0.3) is 0 Å². The Morgan fingerprint density at radius 3 is 2.45 bits per heavy atom. The Balaban J connectivity index is 2.85. The maximum Gasteiger partial charge on any atom is 0.360 e. The highest BCUT2D eigenvalue weighted by Crippen LogP contribution is 1.75. The molecule has 0 atom stereocenters. The molecule has 11 heavy (non-hydrogen) atoms. The third kappa shape index (κ3) is 10.2. The van der Waals surface area contributed by atoms with Crippen LogP contribution < -0.4 is 0 Å². The van der Waals surface area contributed by atoms with Gasteiger partial charge in [0.1, 0.15) is 10.5 Å². The highest BCUT2D eigenvalue weighted by atomic mass is 28.4. The Bertz CT molecular complexity index is 109. The van der Waals surface area contributed by atoms with Crippen molar-refractivity contribution in [2.75, 3.05) is 0 Å². The second-order valence-corrected chi connectivity index (χ2v) is 8.26. The summed E-state index contributed by atoms with van der Waals surface area (Å²) < 4.78 is 19.6. The summed E-state index contributed by atoms with van der Waals surface area (Å²) in [5, 5.41) is 0. The zero-order valence-electron chi connectivity index (χ0n) is 6.66. The number of hydrogen-bond donors (Lipinski definition) is 0. The second kappa shape index (κ2) is 8.32. The van der Waals surface area contributed by atoms with Gasteiger partial charge in [-0.3, -0.25) is 4.79 Å². The first kappa shape index (κ1) is 11.2. The normalized spacial score (nSPS) is 13.2. The van der Waals surface area contributed by atoms with Gasteiger partial charge in [-0.2, -0.15) is 0 Å². The highest BCUT2D eigenvalue weighted by Gasteiger charge is 1.93. The lowest BCUT2D eigenvalue weighted by atomic mass is 10.9. The minimum atomic E-state index is -1.10. The van der Waals surface area contributed by atoms with Crippen LogP contribution in [0.2, 0.25) is 0 Å². The Labute approximate surface area is 75.5 Å². The lowest BCUT2D eigenvalue weighted by molar-refractivity contribution is -0.132. The monoisotopic (exact) mass is 228 g/mol. The van der Waals surface area contributed by atoms with Gasteiger partial charge in [-0.1, -0.05) is 0 Å².